The summed E-state index contributed by atoms with van der Waals surface area (Å²) in [6, 6.07) is 8.52. The summed E-state index contributed by atoms with van der Waals surface area (Å²) in [7, 11) is 0. The number of non-ortho nitro benzene ring substituents is 2. The Balaban J connectivity index is 1.78. The van der Waals surface area contributed by atoms with Crippen molar-refractivity contribution in [1.29, 1.82) is 0 Å². The number of nitro groups is 2. The van der Waals surface area contributed by atoms with Crippen molar-refractivity contribution in [2.45, 2.75) is 20.1 Å². The van der Waals surface area contributed by atoms with E-state index in [-0.39, 0.29) is 31.3 Å². The fourth-order valence-corrected chi connectivity index (χ4v) is 3.48. The summed E-state index contributed by atoms with van der Waals surface area (Å²) in [4.78, 5) is 34.3. The van der Waals surface area contributed by atoms with Crippen molar-refractivity contribution in [1.82, 2.24) is 9.13 Å². The molecule has 11 nitrogen and oxygen atoms in total. The van der Waals surface area contributed by atoms with E-state index in [1.54, 1.807) is 19.2 Å². The number of ether oxygens (including phenoxy) is 2. The molecule has 0 N–H and O–H groups in total. The highest BCUT2D eigenvalue weighted by Crippen LogP contribution is 2.33. The zero-order valence-electron chi connectivity index (χ0n) is 15.8. The Morgan fingerprint density at radius 1 is 1.10 bits per heavy atom. The maximum atomic E-state index is 13.0. The standard InChI is InChI=1S/C19H16N4O7/c1-12-8-20(19(24)21(12)15-3-2-4-16(7-15)22(25)26)9-13-5-17(23(27)28)6-14-10-29-11-30-18(13)14/h2-8H,9-11H2,1H3. The maximum Gasteiger partial charge on any atom is 0.333 e. The van der Waals surface area contributed by atoms with Gasteiger partial charge in [-0.15, -0.1) is 0 Å². The number of hydrogen-bond acceptors (Lipinski definition) is 7. The molecule has 1 aromatic heterocycles. The summed E-state index contributed by atoms with van der Waals surface area (Å²) >= 11 is 0. The summed E-state index contributed by atoms with van der Waals surface area (Å²) in [5, 5.41) is 22.3. The maximum absolute atomic E-state index is 13.0. The minimum absolute atomic E-state index is 0.0143. The SMILES string of the molecule is Cc1cn(Cc2cc([N+](=O)[O-])cc3c2OCOC3)c(=O)n1-c1cccc([N+](=O)[O-])c1. The fourth-order valence-electron chi connectivity index (χ4n) is 3.48. The highest BCUT2D eigenvalue weighted by molar-refractivity contribution is 5.51. The fraction of sp³-hybridized carbons (Fsp3) is 0.211. The summed E-state index contributed by atoms with van der Waals surface area (Å²) in [6.45, 7) is 1.92. The lowest BCUT2D eigenvalue weighted by Gasteiger charge is -2.20. The van der Waals surface area contributed by atoms with Crippen molar-refractivity contribution >= 4 is 11.4 Å². The van der Waals surface area contributed by atoms with Gasteiger partial charge in [0, 0.05) is 47.3 Å². The van der Waals surface area contributed by atoms with Gasteiger partial charge < -0.3 is 9.47 Å². The number of rotatable bonds is 5. The number of imidazole rings is 1. The van der Waals surface area contributed by atoms with Gasteiger partial charge >= 0.3 is 5.69 Å². The van der Waals surface area contributed by atoms with Crippen LogP contribution in [0.1, 0.15) is 16.8 Å². The quantitative estimate of drug-likeness (QED) is 0.465. The molecule has 1 aliphatic heterocycles. The minimum Gasteiger partial charge on any atom is -0.467 e. The molecule has 3 aromatic rings. The van der Waals surface area contributed by atoms with Crippen LogP contribution in [0.3, 0.4) is 0 Å². The summed E-state index contributed by atoms with van der Waals surface area (Å²) in [5.41, 5.74) is 1.24. The molecule has 0 saturated heterocycles. The average molecular weight is 412 g/mol. The Morgan fingerprint density at radius 3 is 2.60 bits per heavy atom. The lowest BCUT2D eigenvalue weighted by molar-refractivity contribution is -0.385. The molecule has 11 heteroatoms. The van der Waals surface area contributed by atoms with Gasteiger partial charge in [-0.2, -0.15) is 0 Å². The minimum atomic E-state index is -0.532. The molecule has 0 saturated carbocycles. The Kier molecular flexibility index (Phi) is 4.80. The Morgan fingerprint density at radius 2 is 1.87 bits per heavy atom. The third-order valence-corrected chi connectivity index (χ3v) is 4.75. The van der Waals surface area contributed by atoms with Crippen LogP contribution in [0.15, 0.2) is 47.4 Å². The topological polar surface area (TPSA) is 132 Å². The van der Waals surface area contributed by atoms with Crippen LogP contribution >= 0.6 is 0 Å². The second-order valence-corrected chi connectivity index (χ2v) is 6.75. The second-order valence-electron chi connectivity index (χ2n) is 6.75. The van der Waals surface area contributed by atoms with Crippen molar-refractivity contribution in [3.8, 4) is 11.4 Å². The van der Waals surface area contributed by atoms with Crippen LogP contribution in [-0.4, -0.2) is 25.8 Å². The number of nitro benzene ring substituents is 2. The molecule has 2 heterocycles. The third kappa shape index (κ3) is 3.42. The van der Waals surface area contributed by atoms with E-state index in [4.69, 9.17) is 9.47 Å². The number of aromatic nitrogens is 2. The first-order valence-corrected chi connectivity index (χ1v) is 8.89. The van der Waals surface area contributed by atoms with Gasteiger partial charge in [0.05, 0.1) is 28.7 Å². The first-order chi connectivity index (χ1) is 14.3. The molecule has 0 spiro atoms. The van der Waals surface area contributed by atoms with Gasteiger partial charge in [-0.05, 0) is 13.0 Å². The van der Waals surface area contributed by atoms with Crippen LogP contribution in [0.4, 0.5) is 11.4 Å². The first-order valence-electron chi connectivity index (χ1n) is 8.89. The van der Waals surface area contributed by atoms with Crippen LogP contribution in [0.5, 0.6) is 5.75 Å². The van der Waals surface area contributed by atoms with Crippen molar-refractivity contribution in [2.75, 3.05) is 6.79 Å². The van der Waals surface area contributed by atoms with Gasteiger partial charge in [0.25, 0.3) is 11.4 Å². The second kappa shape index (κ2) is 7.44. The Hall–Kier alpha value is -3.99. The van der Waals surface area contributed by atoms with E-state index in [1.165, 1.54) is 39.5 Å². The van der Waals surface area contributed by atoms with Crippen LogP contribution < -0.4 is 10.4 Å². The molecule has 0 aliphatic carbocycles. The lowest BCUT2D eigenvalue weighted by atomic mass is 10.1. The molecule has 2 aromatic carbocycles. The number of hydrogen-bond donors (Lipinski definition) is 0. The van der Waals surface area contributed by atoms with E-state index in [2.05, 4.69) is 0 Å². The van der Waals surface area contributed by atoms with Gasteiger partial charge in [0.15, 0.2) is 6.79 Å². The monoisotopic (exact) mass is 412 g/mol. The van der Waals surface area contributed by atoms with Gasteiger partial charge in [0.1, 0.15) is 5.75 Å². The van der Waals surface area contributed by atoms with Crippen molar-refractivity contribution < 1.29 is 19.3 Å². The van der Waals surface area contributed by atoms with Gasteiger partial charge in [-0.1, -0.05) is 6.07 Å². The summed E-state index contributed by atoms with van der Waals surface area (Å²) < 4.78 is 13.5. The van der Waals surface area contributed by atoms with Crippen molar-refractivity contribution in [3.63, 3.8) is 0 Å². The van der Waals surface area contributed by atoms with E-state index < -0.39 is 15.5 Å². The predicted octanol–water partition coefficient (Wildman–Crippen LogP) is 2.68. The highest BCUT2D eigenvalue weighted by Gasteiger charge is 2.22. The van der Waals surface area contributed by atoms with Gasteiger partial charge in [-0.3, -0.25) is 29.4 Å². The van der Waals surface area contributed by atoms with Crippen molar-refractivity contribution in [3.05, 3.63) is 90.1 Å². The van der Waals surface area contributed by atoms with E-state index in [1.807, 2.05) is 0 Å². The zero-order chi connectivity index (χ0) is 21.4. The van der Waals surface area contributed by atoms with Gasteiger partial charge in [-0.25, -0.2) is 4.79 Å². The largest absolute Gasteiger partial charge is 0.467 e. The molecule has 0 atom stereocenters. The van der Waals surface area contributed by atoms with Crippen molar-refractivity contribution in [2.24, 2.45) is 0 Å². The molecular formula is C19H16N4O7. The molecule has 0 radical (unpaired) electrons. The first kappa shape index (κ1) is 19.3. The van der Waals surface area contributed by atoms with Gasteiger partial charge in [0.2, 0.25) is 0 Å². The third-order valence-electron chi connectivity index (χ3n) is 4.75. The van der Waals surface area contributed by atoms with E-state index in [0.717, 1.165) is 0 Å². The average Bonchev–Trinajstić information content (AvgIpc) is 3.00. The van der Waals surface area contributed by atoms with Crippen LogP contribution in [-0.2, 0) is 17.9 Å². The normalized spacial score (nSPS) is 12.8. The predicted molar refractivity (Wildman–Crippen MR) is 104 cm³/mol. The molecule has 0 bridgehead atoms. The number of fused-ring (bicyclic) bond motifs is 1. The number of benzene rings is 2. The molecule has 154 valence electrons. The van der Waals surface area contributed by atoms with Crippen LogP contribution in [0.2, 0.25) is 0 Å². The molecule has 30 heavy (non-hydrogen) atoms. The zero-order valence-corrected chi connectivity index (χ0v) is 15.8. The lowest BCUT2D eigenvalue weighted by Crippen LogP contribution is -2.24. The molecule has 4 rings (SSSR count). The molecular weight excluding hydrogens is 396 g/mol. The smallest absolute Gasteiger partial charge is 0.333 e. The Labute approximate surface area is 169 Å². The van der Waals surface area contributed by atoms with E-state index in [9.17, 15) is 25.0 Å². The molecule has 1 aliphatic rings. The van der Waals surface area contributed by atoms with Crippen LogP contribution in [0, 0.1) is 27.2 Å². The Bertz CT molecular complexity index is 1230. The molecule has 0 fully saturated rings. The summed E-state index contributed by atoms with van der Waals surface area (Å²) in [6.07, 6.45) is 1.59. The van der Waals surface area contributed by atoms with E-state index in [0.29, 0.717) is 28.3 Å². The summed E-state index contributed by atoms with van der Waals surface area (Å²) in [5.74, 6) is 0.458. The van der Waals surface area contributed by atoms with E-state index >= 15 is 0 Å². The number of nitrogens with zero attached hydrogens (tertiary/aromatic N) is 4. The molecule has 0 unspecified atom stereocenters. The molecule has 0 amide bonds. The van der Waals surface area contributed by atoms with Crippen LogP contribution in [0.25, 0.3) is 5.69 Å². The highest BCUT2D eigenvalue weighted by atomic mass is 16.7. The number of aryl methyl sites for hydroxylation is 1.